The molecular formula is C18H27N5O3. The van der Waals surface area contributed by atoms with Gasteiger partial charge in [-0.3, -0.25) is 14.8 Å². The van der Waals surface area contributed by atoms with Gasteiger partial charge in [0.15, 0.2) is 5.65 Å². The van der Waals surface area contributed by atoms with Gasteiger partial charge in [-0.25, -0.2) is 9.50 Å². The molecule has 2 aromatic heterocycles. The predicted molar refractivity (Wildman–Crippen MR) is 97.3 cm³/mol. The Hall–Kier alpha value is -1.74. The van der Waals surface area contributed by atoms with Crippen molar-refractivity contribution in [3.05, 3.63) is 33.9 Å². The van der Waals surface area contributed by atoms with Crippen LogP contribution in [0, 0.1) is 6.92 Å². The molecule has 0 aliphatic carbocycles. The Labute approximate surface area is 152 Å². The van der Waals surface area contributed by atoms with E-state index < -0.39 is 5.60 Å². The Morgan fingerprint density at radius 2 is 2.08 bits per heavy atom. The molecule has 142 valence electrons. The number of β-amino-alcohol motifs (C(OH)–C–C–N with tert-alkyl or cyclic N) is 1. The second kappa shape index (κ2) is 7.11. The van der Waals surface area contributed by atoms with Crippen LogP contribution >= 0.6 is 0 Å². The maximum Gasteiger partial charge on any atom is 0.272 e. The Bertz CT molecular complexity index is 826. The minimum Gasteiger partial charge on any atom is -0.385 e. The van der Waals surface area contributed by atoms with E-state index in [1.165, 1.54) is 17.4 Å². The zero-order chi connectivity index (χ0) is 18.1. The summed E-state index contributed by atoms with van der Waals surface area (Å²) in [7, 11) is 0. The molecule has 0 amide bonds. The second-order valence-corrected chi connectivity index (χ2v) is 7.69. The van der Waals surface area contributed by atoms with Gasteiger partial charge in [-0.05, 0) is 32.9 Å². The summed E-state index contributed by atoms with van der Waals surface area (Å²) in [5.74, 6) is 0. The van der Waals surface area contributed by atoms with Crippen molar-refractivity contribution in [2.75, 3.05) is 45.9 Å². The molecule has 4 heterocycles. The molecular weight excluding hydrogens is 334 g/mol. The number of nitrogens with one attached hydrogen (secondary N) is 1. The standard InChI is InChI=1S/C18H27N5O3/c1-14-8-16-19-15(9-17(24)23(16)20-14)10-22-6-7-26-13-18(25,12-22)11-21-4-2-3-5-21/h8-9,20,25H,2-7,10-13H2,1H3/t18-/m1/s1. The average Bonchev–Trinajstić information content (AvgIpc) is 3.16. The molecule has 0 unspecified atom stereocenters. The zero-order valence-electron chi connectivity index (χ0n) is 15.3. The van der Waals surface area contributed by atoms with E-state index in [-0.39, 0.29) is 5.56 Å². The summed E-state index contributed by atoms with van der Waals surface area (Å²) in [6.45, 7) is 7.33. The Morgan fingerprint density at radius 1 is 1.27 bits per heavy atom. The number of fused-ring (bicyclic) bond motifs is 1. The molecule has 26 heavy (non-hydrogen) atoms. The molecule has 1 atom stereocenters. The number of hydrogen-bond acceptors (Lipinski definition) is 6. The van der Waals surface area contributed by atoms with Crippen LogP contribution in [0.15, 0.2) is 16.9 Å². The number of H-pyrrole nitrogens is 1. The van der Waals surface area contributed by atoms with Crippen molar-refractivity contribution >= 4 is 5.65 Å². The van der Waals surface area contributed by atoms with Crippen LogP contribution < -0.4 is 5.56 Å². The fourth-order valence-electron chi connectivity index (χ4n) is 4.06. The third-order valence-electron chi connectivity index (χ3n) is 5.17. The summed E-state index contributed by atoms with van der Waals surface area (Å²) in [6, 6.07) is 3.42. The number of aromatic amines is 1. The van der Waals surface area contributed by atoms with Crippen molar-refractivity contribution in [1.29, 1.82) is 0 Å². The molecule has 0 radical (unpaired) electrons. The fourth-order valence-corrected chi connectivity index (χ4v) is 4.06. The summed E-state index contributed by atoms with van der Waals surface area (Å²) in [6.07, 6.45) is 2.40. The second-order valence-electron chi connectivity index (χ2n) is 7.69. The third kappa shape index (κ3) is 3.83. The number of nitrogens with zero attached hydrogens (tertiary/aromatic N) is 4. The van der Waals surface area contributed by atoms with Gasteiger partial charge in [0.25, 0.3) is 5.56 Å². The molecule has 0 bridgehead atoms. The number of ether oxygens (including phenoxy) is 1. The predicted octanol–water partition coefficient (Wildman–Crippen LogP) is -0.00988. The first-order chi connectivity index (χ1) is 12.5. The highest BCUT2D eigenvalue weighted by molar-refractivity contribution is 5.39. The maximum absolute atomic E-state index is 12.3. The number of aliphatic hydroxyl groups is 1. The van der Waals surface area contributed by atoms with Gasteiger partial charge >= 0.3 is 0 Å². The number of hydrogen-bond donors (Lipinski definition) is 2. The first-order valence-electron chi connectivity index (χ1n) is 9.34. The lowest BCUT2D eigenvalue weighted by atomic mass is 10.0. The Balaban J connectivity index is 1.50. The Morgan fingerprint density at radius 3 is 2.88 bits per heavy atom. The van der Waals surface area contributed by atoms with Crippen LogP contribution in [0.3, 0.4) is 0 Å². The van der Waals surface area contributed by atoms with Crippen molar-refractivity contribution in [3.63, 3.8) is 0 Å². The average molecular weight is 361 g/mol. The number of rotatable bonds is 4. The van der Waals surface area contributed by atoms with Gasteiger partial charge in [-0.15, -0.1) is 0 Å². The lowest BCUT2D eigenvalue weighted by molar-refractivity contribution is -0.0549. The van der Waals surface area contributed by atoms with Gasteiger partial charge in [0.05, 0.1) is 18.9 Å². The van der Waals surface area contributed by atoms with Crippen LogP contribution in [-0.4, -0.2) is 81.0 Å². The SMILES string of the molecule is Cc1cc2nc(CN3CCOC[C@@](O)(CN4CCCC4)C3)cc(=O)n2[nH]1. The summed E-state index contributed by atoms with van der Waals surface area (Å²) in [5, 5.41) is 14.1. The number of likely N-dealkylation sites (tertiary alicyclic amines) is 1. The first-order valence-corrected chi connectivity index (χ1v) is 9.34. The monoisotopic (exact) mass is 361 g/mol. The van der Waals surface area contributed by atoms with Gasteiger partial charge < -0.3 is 14.7 Å². The van der Waals surface area contributed by atoms with E-state index in [2.05, 4.69) is 19.9 Å². The summed E-state index contributed by atoms with van der Waals surface area (Å²) in [4.78, 5) is 21.3. The Kier molecular flexibility index (Phi) is 4.83. The van der Waals surface area contributed by atoms with Crippen molar-refractivity contribution in [3.8, 4) is 0 Å². The summed E-state index contributed by atoms with van der Waals surface area (Å²) >= 11 is 0. The minimum absolute atomic E-state index is 0.114. The van der Waals surface area contributed by atoms with E-state index in [1.54, 1.807) is 6.07 Å². The molecule has 2 aromatic rings. The molecule has 2 aliphatic rings. The zero-order valence-corrected chi connectivity index (χ0v) is 15.3. The molecule has 2 aliphatic heterocycles. The van der Waals surface area contributed by atoms with E-state index in [1.807, 2.05) is 13.0 Å². The van der Waals surface area contributed by atoms with Crippen molar-refractivity contribution < 1.29 is 9.84 Å². The fraction of sp³-hybridized carbons (Fsp3) is 0.667. The molecule has 0 saturated carbocycles. The van der Waals surface area contributed by atoms with Crippen molar-refractivity contribution in [1.82, 2.24) is 24.4 Å². The lowest BCUT2D eigenvalue weighted by Crippen LogP contribution is -2.51. The van der Waals surface area contributed by atoms with E-state index in [4.69, 9.17) is 4.74 Å². The van der Waals surface area contributed by atoms with Gasteiger partial charge in [0.1, 0.15) is 5.60 Å². The van der Waals surface area contributed by atoms with Crippen LogP contribution in [-0.2, 0) is 11.3 Å². The van der Waals surface area contributed by atoms with E-state index in [0.29, 0.717) is 38.5 Å². The van der Waals surface area contributed by atoms with Crippen LogP contribution in [0.25, 0.3) is 5.65 Å². The smallest absolute Gasteiger partial charge is 0.272 e. The maximum atomic E-state index is 12.3. The molecule has 8 nitrogen and oxygen atoms in total. The van der Waals surface area contributed by atoms with E-state index in [0.717, 1.165) is 31.0 Å². The molecule has 2 fully saturated rings. The largest absolute Gasteiger partial charge is 0.385 e. The van der Waals surface area contributed by atoms with Crippen LogP contribution in [0.4, 0.5) is 0 Å². The topological polar surface area (TPSA) is 86.1 Å². The molecule has 2 saturated heterocycles. The van der Waals surface area contributed by atoms with Crippen LogP contribution in [0.1, 0.15) is 24.2 Å². The van der Waals surface area contributed by atoms with Crippen LogP contribution in [0.2, 0.25) is 0 Å². The minimum atomic E-state index is -0.884. The highest BCUT2D eigenvalue weighted by atomic mass is 16.5. The summed E-state index contributed by atoms with van der Waals surface area (Å²) < 4.78 is 7.13. The van der Waals surface area contributed by atoms with Crippen molar-refractivity contribution in [2.24, 2.45) is 0 Å². The molecule has 4 rings (SSSR count). The van der Waals surface area contributed by atoms with Crippen LogP contribution in [0.5, 0.6) is 0 Å². The van der Waals surface area contributed by atoms with Gasteiger partial charge in [-0.2, -0.15) is 0 Å². The molecule has 2 N–H and O–H groups in total. The highest BCUT2D eigenvalue weighted by Crippen LogP contribution is 2.19. The lowest BCUT2D eigenvalue weighted by Gasteiger charge is -2.33. The van der Waals surface area contributed by atoms with Crippen molar-refractivity contribution in [2.45, 2.75) is 31.9 Å². The molecule has 0 aromatic carbocycles. The van der Waals surface area contributed by atoms with Gasteiger partial charge in [-0.1, -0.05) is 0 Å². The van der Waals surface area contributed by atoms with E-state index >= 15 is 0 Å². The first kappa shape index (κ1) is 17.7. The normalized spacial score (nSPS) is 25.8. The van der Waals surface area contributed by atoms with E-state index in [9.17, 15) is 9.90 Å². The molecule has 8 heteroatoms. The number of aryl methyl sites for hydroxylation is 1. The summed E-state index contributed by atoms with van der Waals surface area (Å²) in [5.41, 5.74) is 1.25. The third-order valence-corrected chi connectivity index (χ3v) is 5.17. The van der Waals surface area contributed by atoms with Gasteiger partial charge in [0.2, 0.25) is 0 Å². The highest BCUT2D eigenvalue weighted by Gasteiger charge is 2.35. The number of aromatic nitrogens is 3. The van der Waals surface area contributed by atoms with Gasteiger partial charge in [0, 0.05) is 44.0 Å². The quantitative estimate of drug-likeness (QED) is 0.797. The molecule has 0 spiro atoms.